The lowest BCUT2D eigenvalue weighted by atomic mass is 9.60. The standard InChI is InChI=1S/C26H42O3S/c1-18(8-6-14-25(3,4)28)22-12-13-23-20(9-7-15-26(22,23)5)10-11-21-16-30(29)17-24(27)19(21)2/h10-11,18,22-24,27-28H,2,6-9,12-17H2,1,3-5H3/b20-10+,21-11+/t18-,22-,23+,24+,26-,30+/m1/s1. The van der Waals surface area contributed by atoms with Gasteiger partial charge in [-0.05, 0) is 86.7 Å². The number of hydrogen-bond acceptors (Lipinski definition) is 3. The van der Waals surface area contributed by atoms with Crippen LogP contribution in [-0.2, 0) is 10.8 Å². The number of aliphatic hydroxyl groups excluding tert-OH is 1. The summed E-state index contributed by atoms with van der Waals surface area (Å²) < 4.78 is 12.0. The second-order valence-corrected chi connectivity index (χ2v) is 12.5. The van der Waals surface area contributed by atoms with Crippen molar-refractivity contribution in [3.8, 4) is 0 Å². The molecule has 3 nitrogen and oxygen atoms in total. The summed E-state index contributed by atoms with van der Waals surface area (Å²) in [6, 6.07) is 0. The molecular formula is C26H42O3S. The molecule has 0 aromatic carbocycles. The summed E-state index contributed by atoms with van der Waals surface area (Å²) in [5.41, 5.74) is 3.05. The Morgan fingerprint density at radius 3 is 2.77 bits per heavy atom. The van der Waals surface area contributed by atoms with Crippen molar-refractivity contribution in [2.45, 2.75) is 90.8 Å². The van der Waals surface area contributed by atoms with Gasteiger partial charge in [-0.25, -0.2) is 0 Å². The number of rotatable bonds is 6. The van der Waals surface area contributed by atoms with Gasteiger partial charge in [0.15, 0.2) is 0 Å². The molecule has 3 aliphatic rings. The Hall–Kier alpha value is -0.710. The van der Waals surface area contributed by atoms with Crippen LogP contribution in [-0.4, -0.2) is 37.6 Å². The topological polar surface area (TPSA) is 57.5 Å². The normalized spacial score (nSPS) is 38.8. The fourth-order valence-electron chi connectivity index (χ4n) is 6.45. The highest BCUT2D eigenvalue weighted by molar-refractivity contribution is 7.85. The number of hydrogen-bond donors (Lipinski definition) is 2. The van der Waals surface area contributed by atoms with E-state index in [1.54, 1.807) is 5.57 Å². The Balaban J connectivity index is 1.71. The maximum Gasteiger partial charge on any atom is 0.0902 e. The zero-order valence-corrected chi connectivity index (χ0v) is 20.3. The lowest BCUT2D eigenvalue weighted by molar-refractivity contribution is 0.0596. The van der Waals surface area contributed by atoms with Crippen molar-refractivity contribution in [1.82, 2.24) is 0 Å². The molecule has 1 saturated heterocycles. The number of allylic oxidation sites excluding steroid dienone is 3. The van der Waals surface area contributed by atoms with E-state index in [1.807, 2.05) is 13.8 Å². The van der Waals surface area contributed by atoms with E-state index in [1.165, 1.54) is 32.1 Å². The summed E-state index contributed by atoms with van der Waals surface area (Å²) in [4.78, 5) is 0. The maximum absolute atomic E-state index is 12.0. The third-order valence-electron chi connectivity index (χ3n) is 8.15. The van der Waals surface area contributed by atoms with Gasteiger partial charge in [0, 0.05) is 16.6 Å². The molecule has 30 heavy (non-hydrogen) atoms. The average Bonchev–Trinajstić information content (AvgIpc) is 3.00. The van der Waals surface area contributed by atoms with Crippen LogP contribution in [0.25, 0.3) is 0 Å². The maximum atomic E-state index is 12.0. The number of fused-ring (bicyclic) bond motifs is 1. The summed E-state index contributed by atoms with van der Waals surface area (Å²) in [7, 11) is -0.989. The molecule has 1 heterocycles. The highest BCUT2D eigenvalue weighted by atomic mass is 32.2. The zero-order chi connectivity index (χ0) is 22.1. The zero-order valence-electron chi connectivity index (χ0n) is 19.5. The van der Waals surface area contributed by atoms with E-state index in [0.29, 0.717) is 28.8 Å². The van der Waals surface area contributed by atoms with Gasteiger partial charge in [0.25, 0.3) is 0 Å². The first-order valence-electron chi connectivity index (χ1n) is 11.9. The Labute approximate surface area is 186 Å². The van der Waals surface area contributed by atoms with E-state index in [9.17, 15) is 14.4 Å². The molecule has 0 amide bonds. The van der Waals surface area contributed by atoms with Gasteiger partial charge in [-0.15, -0.1) is 0 Å². The van der Waals surface area contributed by atoms with Gasteiger partial charge >= 0.3 is 0 Å². The molecule has 0 aromatic heterocycles. The van der Waals surface area contributed by atoms with Gasteiger partial charge < -0.3 is 10.2 Å². The highest BCUT2D eigenvalue weighted by Gasteiger charge is 2.50. The minimum Gasteiger partial charge on any atom is -0.390 e. The predicted molar refractivity (Wildman–Crippen MR) is 127 cm³/mol. The largest absolute Gasteiger partial charge is 0.390 e. The first kappa shape index (κ1) is 23.9. The fourth-order valence-corrected chi connectivity index (χ4v) is 7.75. The predicted octanol–water partition coefficient (Wildman–Crippen LogP) is 5.31. The van der Waals surface area contributed by atoms with E-state index in [2.05, 4.69) is 32.6 Å². The lowest BCUT2D eigenvalue weighted by Crippen LogP contribution is -2.36. The molecular weight excluding hydrogens is 392 g/mol. The van der Waals surface area contributed by atoms with Gasteiger partial charge in [0.1, 0.15) is 0 Å². The highest BCUT2D eigenvalue weighted by Crippen LogP contribution is 2.59. The first-order valence-corrected chi connectivity index (χ1v) is 13.3. The van der Waals surface area contributed by atoms with Crippen LogP contribution in [0.15, 0.2) is 35.5 Å². The van der Waals surface area contributed by atoms with Crippen molar-refractivity contribution < 1.29 is 14.4 Å². The minimum atomic E-state index is -0.989. The summed E-state index contributed by atoms with van der Waals surface area (Å²) in [5.74, 6) is 2.91. The monoisotopic (exact) mass is 434 g/mol. The third kappa shape index (κ3) is 5.37. The molecule has 2 aliphatic carbocycles. The Morgan fingerprint density at radius 1 is 1.33 bits per heavy atom. The number of aliphatic hydroxyl groups is 2. The van der Waals surface area contributed by atoms with Gasteiger partial charge in [0.2, 0.25) is 0 Å². The minimum absolute atomic E-state index is 0.320. The van der Waals surface area contributed by atoms with Crippen LogP contribution in [0.4, 0.5) is 0 Å². The van der Waals surface area contributed by atoms with Crippen LogP contribution in [0.3, 0.4) is 0 Å². The van der Waals surface area contributed by atoms with Crippen LogP contribution in [0.5, 0.6) is 0 Å². The third-order valence-corrected chi connectivity index (χ3v) is 9.47. The van der Waals surface area contributed by atoms with E-state index >= 15 is 0 Å². The van der Waals surface area contributed by atoms with E-state index in [-0.39, 0.29) is 0 Å². The summed E-state index contributed by atoms with van der Waals surface area (Å²) in [5, 5.41) is 20.1. The molecule has 4 heteroatoms. The van der Waals surface area contributed by atoms with Crippen LogP contribution in [0.2, 0.25) is 0 Å². The summed E-state index contributed by atoms with van der Waals surface area (Å²) in [6.07, 6.45) is 13.1. The van der Waals surface area contributed by atoms with Gasteiger partial charge in [-0.3, -0.25) is 4.21 Å². The molecule has 0 bridgehead atoms. The molecule has 3 rings (SSSR count). The molecule has 170 valence electrons. The Kier molecular flexibility index (Phi) is 7.52. The average molecular weight is 435 g/mol. The van der Waals surface area contributed by atoms with Crippen molar-refractivity contribution >= 4 is 10.8 Å². The van der Waals surface area contributed by atoms with Crippen molar-refractivity contribution in [2.24, 2.45) is 23.2 Å². The second-order valence-electron chi connectivity index (χ2n) is 11.0. The van der Waals surface area contributed by atoms with Crippen LogP contribution in [0, 0.1) is 23.2 Å². The summed E-state index contributed by atoms with van der Waals surface area (Å²) >= 11 is 0. The van der Waals surface area contributed by atoms with Crippen molar-refractivity contribution in [2.75, 3.05) is 11.5 Å². The molecule has 2 N–H and O–H groups in total. The quantitative estimate of drug-likeness (QED) is 0.595. The summed E-state index contributed by atoms with van der Waals surface area (Å²) in [6.45, 7) is 12.8. The van der Waals surface area contributed by atoms with E-state index < -0.39 is 22.5 Å². The molecule has 3 fully saturated rings. The molecule has 0 unspecified atom stereocenters. The second kappa shape index (κ2) is 9.42. The Morgan fingerprint density at radius 2 is 2.07 bits per heavy atom. The Bertz CT molecular complexity index is 729. The van der Waals surface area contributed by atoms with Gasteiger partial charge in [-0.1, -0.05) is 51.0 Å². The smallest absolute Gasteiger partial charge is 0.0902 e. The molecule has 2 saturated carbocycles. The van der Waals surface area contributed by atoms with Crippen molar-refractivity contribution in [3.05, 3.63) is 35.5 Å². The molecule has 0 radical (unpaired) electrons. The first-order chi connectivity index (χ1) is 14.0. The van der Waals surface area contributed by atoms with Crippen LogP contribution < -0.4 is 0 Å². The van der Waals surface area contributed by atoms with Crippen molar-refractivity contribution in [3.63, 3.8) is 0 Å². The van der Waals surface area contributed by atoms with E-state index in [4.69, 9.17) is 0 Å². The SMILES string of the molecule is C=C1/C(=C/C=C2\CCC[C@]3(C)[C@@H]([C@H](C)CCCC(C)(C)O)CC[C@@H]23)C[S@](=O)C[C@@H]1O. The van der Waals surface area contributed by atoms with Crippen molar-refractivity contribution in [1.29, 1.82) is 0 Å². The van der Waals surface area contributed by atoms with Gasteiger partial charge in [0.05, 0.1) is 17.5 Å². The van der Waals surface area contributed by atoms with Gasteiger partial charge in [-0.2, -0.15) is 0 Å². The molecule has 0 aromatic rings. The van der Waals surface area contributed by atoms with E-state index in [0.717, 1.165) is 36.3 Å². The lowest BCUT2D eigenvalue weighted by Gasteiger charge is -2.44. The van der Waals surface area contributed by atoms with Crippen LogP contribution in [0.1, 0.15) is 79.1 Å². The molecule has 0 spiro atoms. The van der Waals surface area contributed by atoms with Crippen LogP contribution >= 0.6 is 0 Å². The molecule has 6 atom stereocenters. The fraction of sp³-hybridized carbons (Fsp3) is 0.769. The molecule has 1 aliphatic heterocycles.